The number of rotatable bonds is 5. The van der Waals surface area contributed by atoms with Gasteiger partial charge in [0.25, 0.3) is 5.56 Å². The molecule has 112 valence electrons. The second-order valence-corrected chi connectivity index (χ2v) is 7.16. The van der Waals surface area contributed by atoms with Crippen LogP contribution in [0.4, 0.5) is 5.69 Å². The summed E-state index contributed by atoms with van der Waals surface area (Å²) >= 11 is 5.01. The van der Waals surface area contributed by atoms with Crippen LogP contribution < -0.4 is 10.9 Å². The molecule has 7 heteroatoms. The normalized spacial score (nSPS) is 15.0. The third kappa shape index (κ3) is 3.18. The molecule has 0 bridgehead atoms. The van der Waals surface area contributed by atoms with Crippen molar-refractivity contribution in [2.24, 2.45) is 5.92 Å². The molecule has 1 aliphatic carbocycles. The SMILES string of the molecule is Cc1ncsc1CNc1c(Br)cnn(CC2CCC2)c1=O. The average Bonchev–Trinajstić information content (AvgIpc) is 2.81. The molecule has 3 rings (SSSR count). The van der Waals surface area contributed by atoms with Gasteiger partial charge < -0.3 is 5.32 Å². The molecule has 1 N–H and O–H groups in total. The van der Waals surface area contributed by atoms with Crippen LogP contribution in [0.15, 0.2) is 21.0 Å². The average molecular weight is 369 g/mol. The van der Waals surface area contributed by atoms with Crippen molar-refractivity contribution in [3.05, 3.63) is 37.1 Å². The van der Waals surface area contributed by atoms with E-state index in [1.807, 2.05) is 12.4 Å². The fraction of sp³-hybridized carbons (Fsp3) is 0.500. The van der Waals surface area contributed by atoms with Crippen LogP contribution in [-0.2, 0) is 13.1 Å². The Hall–Kier alpha value is -1.21. The van der Waals surface area contributed by atoms with Gasteiger partial charge in [0.1, 0.15) is 5.69 Å². The van der Waals surface area contributed by atoms with Gasteiger partial charge in [0.05, 0.1) is 28.4 Å². The lowest BCUT2D eigenvalue weighted by atomic mass is 9.85. The Labute approximate surface area is 135 Å². The number of hydrogen-bond acceptors (Lipinski definition) is 5. The second-order valence-electron chi connectivity index (χ2n) is 5.37. The molecule has 0 spiro atoms. The summed E-state index contributed by atoms with van der Waals surface area (Å²) < 4.78 is 2.29. The minimum Gasteiger partial charge on any atom is -0.375 e. The molecule has 0 amide bonds. The van der Waals surface area contributed by atoms with E-state index >= 15 is 0 Å². The summed E-state index contributed by atoms with van der Waals surface area (Å²) in [6.07, 6.45) is 5.37. The number of aryl methyl sites for hydroxylation is 1. The summed E-state index contributed by atoms with van der Waals surface area (Å²) in [5.74, 6) is 0.605. The third-order valence-corrected chi connectivity index (χ3v) is 5.46. The molecule has 2 aromatic heterocycles. The Kier molecular flexibility index (Phi) is 4.40. The molecule has 0 aliphatic heterocycles. The zero-order chi connectivity index (χ0) is 14.8. The van der Waals surface area contributed by atoms with Crippen LogP contribution in [0.25, 0.3) is 0 Å². The number of hydrogen-bond donors (Lipinski definition) is 1. The van der Waals surface area contributed by atoms with Gasteiger partial charge in [-0.15, -0.1) is 11.3 Å². The highest BCUT2D eigenvalue weighted by molar-refractivity contribution is 9.10. The van der Waals surface area contributed by atoms with Crippen molar-refractivity contribution < 1.29 is 0 Å². The number of aromatic nitrogens is 3. The lowest BCUT2D eigenvalue weighted by Crippen LogP contribution is -2.30. The van der Waals surface area contributed by atoms with Crippen molar-refractivity contribution in [1.29, 1.82) is 0 Å². The van der Waals surface area contributed by atoms with Gasteiger partial charge in [-0.25, -0.2) is 9.67 Å². The zero-order valence-electron chi connectivity index (χ0n) is 11.8. The van der Waals surface area contributed by atoms with E-state index in [9.17, 15) is 4.79 Å². The summed E-state index contributed by atoms with van der Waals surface area (Å²) in [5, 5.41) is 7.45. The van der Waals surface area contributed by atoms with Crippen molar-refractivity contribution >= 4 is 33.0 Å². The molecule has 2 heterocycles. The van der Waals surface area contributed by atoms with Gasteiger partial charge >= 0.3 is 0 Å². The molecule has 5 nitrogen and oxygen atoms in total. The maximum atomic E-state index is 12.5. The van der Waals surface area contributed by atoms with Crippen LogP contribution in [-0.4, -0.2) is 14.8 Å². The maximum absolute atomic E-state index is 12.5. The molecule has 2 aromatic rings. The molecule has 1 aliphatic rings. The van der Waals surface area contributed by atoms with Crippen molar-refractivity contribution in [3.63, 3.8) is 0 Å². The van der Waals surface area contributed by atoms with Crippen LogP contribution in [0, 0.1) is 12.8 Å². The maximum Gasteiger partial charge on any atom is 0.291 e. The number of nitrogens with zero attached hydrogens (tertiary/aromatic N) is 3. The predicted octanol–water partition coefficient (Wildman–Crippen LogP) is 3.18. The van der Waals surface area contributed by atoms with Crippen LogP contribution >= 0.6 is 27.3 Å². The van der Waals surface area contributed by atoms with E-state index in [4.69, 9.17) is 0 Å². The summed E-state index contributed by atoms with van der Waals surface area (Å²) in [6.45, 7) is 3.31. The molecule has 0 saturated heterocycles. The standard InChI is InChI=1S/C14H17BrN4OS/c1-9-12(21-8-17-9)6-16-13-11(15)5-18-19(14(13)20)7-10-3-2-4-10/h5,8,10,16H,2-4,6-7H2,1H3. The van der Waals surface area contributed by atoms with Crippen molar-refractivity contribution in [3.8, 4) is 0 Å². The van der Waals surface area contributed by atoms with E-state index in [0.717, 1.165) is 17.1 Å². The quantitative estimate of drug-likeness (QED) is 0.880. The highest BCUT2D eigenvalue weighted by atomic mass is 79.9. The largest absolute Gasteiger partial charge is 0.375 e. The highest BCUT2D eigenvalue weighted by Crippen LogP contribution is 2.27. The Morgan fingerprint density at radius 1 is 1.52 bits per heavy atom. The molecule has 0 aromatic carbocycles. The summed E-state index contributed by atoms with van der Waals surface area (Å²) in [6, 6.07) is 0. The number of anilines is 1. The second kappa shape index (κ2) is 6.27. The fourth-order valence-corrected chi connectivity index (χ4v) is 3.46. The molecular formula is C14H17BrN4OS. The Morgan fingerprint density at radius 3 is 2.95 bits per heavy atom. The summed E-state index contributed by atoms with van der Waals surface area (Å²) in [5.41, 5.74) is 3.35. The minimum absolute atomic E-state index is 0.0570. The van der Waals surface area contributed by atoms with Crippen molar-refractivity contribution in [2.45, 2.75) is 39.3 Å². The predicted molar refractivity (Wildman–Crippen MR) is 87.7 cm³/mol. The van der Waals surface area contributed by atoms with E-state index in [1.54, 1.807) is 22.2 Å². The Bertz CT molecular complexity index is 693. The van der Waals surface area contributed by atoms with E-state index in [0.29, 0.717) is 22.6 Å². The van der Waals surface area contributed by atoms with Crippen LogP contribution in [0.2, 0.25) is 0 Å². The Balaban J connectivity index is 1.78. The van der Waals surface area contributed by atoms with Crippen LogP contribution in [0.1, 0.15) is 29.8 Å². The van der Waals surface area contributed by atoms with Gasteiger partial charge in [-0.2, -0.15) is 5.10 Å². The lowest BCUT2D eigenvalue weighted by molar-refractivity contribution is 0.262. The molecule has 0 radical (unpaired) electrons. The zero-order valence-corrected chi connectivity index (χ0v) is 14.2. The lowest BCUT2D eigenvalue weighted by Gasteiger charge is -2.25. The van der Waals surface area contributed by atoms with Gasteiger partial charge in [-0.3, -0.25) is 4.79 Å². The minimum atomic E-state index is -0.0570. The molecule has 1 saturated carbocycles. The van der Waals surface area contributed by atoms with Gasteiger partial charge in [-0.05, 0) is 41.6 Å². The first-order valence-corrected chi connectivity index (χ1v) is 8.71. The fourth-order valence-electron chi connectivity index (χ4n) is 2.34. The van der Waals surface area contributed by atoms with Crippen molar-refractivity contribution in [1.82, 2.24) is 14.8 Å². The first-order chi connectivity index (χ1) is 10.1. The molecule has 0 unspecified atom stereocenters. The summed E-state index contributed by atoms with van der Waals surface area (Å²) in [4.78, 5) is 17.9. The van der Waals surface area contributed by atoms with Gasteiger partial charge in [0.2, 0.25) is 0 Å². The molecular weight excluding hydrogens is 352 g/mol. The first-order valence-electron chi connectivity index (χ1n) is 7.03. The van der Waals surface area contributed by atoms with Crippen LogP contribution in [0.3, 0.4) is 0 Å². The van der Waals surface area contributed by atoms with E-state index in [1.165, 1.54) is 19.3 Å². The van der Waals surface area contributed by atoms with Crippen molar-refractivity contribution in [2.75, 3.05) is 5.32 Å². The number of nitrogens with one attached hydrogen (secondary N) is 1. The monoisotopic (exact) mass is 368 g/mol. The molecule has 0 atom stereocenters. The smallest absolute Gasteiger partial charge is 0.291 e. The number of thiazole rings is 1. The van der Waals surface area contributed by atoms with Gasteiger partial charge in [0.15, 0.2) is 0 Å². The molecule has 1 fully saturated rings. The first kappa shape index (κ1) is 14.7. The summed E-state index contributed by atoms with van der Waals surface area (Å²) in [7, 11) is 0. The van der Waals surface area contributed by atoms with E-state index in [2.05, 4.69) is 31.3 Å². The topological polar surface area (TPSA) is 59.8 Å². The van der Waals surface area contributed by atoms with E-state index < -0.39 is 0 Å². The Morgan fingerprint density at radius 2 is 2.33 bits per heavy atom. The van der Waals surface area contributed by atoms with E-state index in [-0.39, 0.29) is 5.56 Å². The van der Waals surface area contributed by atoms with Gasteiger partial charge in [-0.1, -0.05) is 6.42 Å². The third-order valence-electron chi connectivity index (χ3n) is 3.92. The van der Waals surface area contributed by atoms with Crippen LogP contribution in [0.5, 0.6) is 0 Å². The number of halogens is 1. The highest BCUT2D eigenvalue weighted by Gasteiger charge is 2.20. The molecule has 21 heavy (non-hydrogen) atoms. The van der Waals surface area contributed by atoms with Gasteiger partial charge in [0, 0.05) is 11.4 Å².